The Kier molecular flexibility index (Phi) is 1.36. The first-order valence-electron chi connectivity index (χ1n) is 4.46. The molecule has 0 heterocycles. The molecule has 56 valence electrons. The normalized spacial score (nSPS) is 39.0. The number of allylic oxidation sites excluding steroid dienone is 2. The second kappa shape index (κ2) is 2.11. The fraction of sp³-hybridized carbons (Fsp3) is 0.800. The van der Waals surface area contributed by atoms with Crippen LogP contribution in [-0.2, 0) is 0 Å². The van der Waals surface area contributed by atoms with Crippen molar-refractivity contribution in [1.82, 2.24) is 0 Å². The van der Waals surface area contributed by atoms with Crippen LogP contribution in [0.1, 0.15) is 39.5 Å². The van der Waals surface area contributed by atoms with Crippen LogP contribution in [0.3, 0.4) is 0 Å². The van der Waals surface area contributed by atoms with Gasteiger partial charge in [0.25, 0.3) is 0 Å². The summed E-state index contributed by atoms with van der Waals surface area (Å²) in [5, 5.41) is 0. The summed E-state index contributed by atoms with van der Waals surface area (Å²) < 4.78 is 0. The SMILES string of the molecule is CC1=C2CCC1CC(C)C2. The quantitative estimate of drug-likeness (QED) is 0.449. The van der Waals surface area contributed by atoms with Crippen LogP contribution in [0.4, 0.5) is 0 Å². The van der Waals surface area contributed by atoms with Crippen molar-refractivity contribution in [2.45, 2.75) is 39.5 Å². The van der Waals surface area contributed by atoms with E-state index < -0.39 is 0 Å². The summed E-state index contributed by atoms with van der Waals surface area (Å²) in [7, 11) is 0. The van der Waals surface area contributed by atoms with E-state index in [1.165, 1.54) is 25.7 Å². The second-order valence-corrected chi connectivity index (χ2v) is 4.07. The lowest BCUT2D eigenvalue weighted by atomic mass is 9.84. The summed E-state index contributed by atoms with van der Waals surface area (Å²) in [6.07, 6.45) is 5.75. The van der Waals surface area contributed by atoms with Gasteiger partial charge in [-0.3, -0.25) is 0 Å². The van der Waals surface area contributed by atoms with Crippen LogP contribution in [0.15, 0.2) is 11.1 Å². The number of hydrogen-bond acceptors (Lipinski definition) is 0. The molecule has 2 atom stereocenters. The third-order valence-electron chi connectivity index (χ3n) is 3.25. The van der Waals surface area contributed by atoms with E-state index in [0.717, 1.165) is 11.8 Å². The Morgan fingerprint density at radius 3 is 2.90 bits per heavy atom. The smallest absolute Gasteiger partial charge is 0.0198 e. The molecule has 2 rings (SSSR count). The molecule has 0 N–H and O–H groups in total. The van der Waals surface area contributed by atoms with E-state index in [1.54, 1.807) is 11.1 Å². The molecule has 0 aromatic rings. The Bertz CT molecular complexity index is 176. The maximum absolute atomic E-state index is 2.39. The monoisotopic (exact) mass is 136 g/mol. The van der Waals surface area contributed by atoms with Crippen LogP contribution in [0.2, 0.25) is 0 Å². The minimum Gasteiger partial charge on any atom is -0.0710 e. The molecule has 0 saturated carbocycles. The van der Waals surface area contributed by atoms with E-state index in [4.69, 9.17) is 0 Å². The van der Waals surface area contributed by atoms with Crippen molar-refractivity contribution < 1.29 is 0 Å². The summed E-state index contributed by atoms with van der Waals surface area (Å²) in [4.78, 5) is 0. The van der Waals surface area contributed by atoms with Crippen LogP contribution in [-0.4, -0.2) is 0 Å². The van der Waals surface area contributed by atoms with Crippen LogP contribution in [0, 0.1) is 11.8 Å². The van der Waals surface area contributed by atoms with Gasteiger partial charge in [0, 0.05) is 0 Å². The fourth-order valence-corrected chi connectivity index (χ4v) is 2.60. The zero-order chi connectivity index (χ0) is 7.14. The molecule has 0 aromatic carbocycles. The first kappa shape index (κ1) is 6.45. The third kappa shape index (κ3) is 0.817. The van der Waals surface area contributed by atoms with Crippen molar-refractivity contribution in [3.63, 3.8) is 0 Å². The molecule has 2 unspecified atom stereocenters. The van der Waals surface area contributed by atoms with Crippen molar-refractivity contribution in [2.75, 3.05) is 0 Å². The van der Waals surface area contributed by atoms with Gasteiger partial charge in [-0.2, -0.15) is 0 Å². The van der Waals surface area contributed by atoms with Gasteiger partial charge >= 0.3 is 0 Å². The van der Waals surface area contributed by atoms with Crippen molar-refractivity contribution in [3.05, 3.63) is 11.1 Å². The average molecular weight is 136 g/mol. The highest BCUT2D eigenvalue weighted by molar-refractivity contribution is 5.24. The van der Waals surface area contributed by atoms with Gasteiger partial charge in [-0.25, -0.2) is 0 Å². The summed E-state index contributed by atoms with van der Waals surface area (Å²) >= 11 is 0. The lowest BCUT2D eigenvalue weighted by molar-refractivity contribution is 0.427. The predicted octanol–water partition coefficient (Wildman–Crippen LogP) is 3.14. The Hall–Kier alpha value is -0.260. The molecule has 0 fully saturated rings. The van der Waals surface area contributed by atoms with E-state index in [2.05, 4.69) is 13.8 Å². The maximum Gasteiger partial charge on any atom is -0.0198 e. The molecule has 2 aliphatic rings. The number of rotatable bonds is 0. The largest absolute Gasteiger partial charge is 0.0710 e. The first-order valence-corrected chi connectivity index (χ1v) is 4.46. The molecule has 2 aliphatic carbocycles. The predicted molar refractivity (Wildman–Crippen MR) is 43.8 cm³/mol. The van der Waals surface area contributed by atoms with Crippen molar-refractivity contribution >= 4 is 0 Å². The molecule has 0 aromatic heterocycles. The summed E-state index contributed by atoms with van der Waals surface area (Å²) in [6.45, 7) is 4.74. The van der Waals surface area contributed by atoms with Gasteiger partial charge in [0.15, 0.2) is 0 Å². The molecule has 2 bridgehead atoms. The third-order valence-corrected chi connectivity index (χ3v) is 3.25. The van der Waals surface area contributed by atoms with Gasteiger partial charge in [0.1, 0.15) is 0 Å². The van der Waals surface area contributed by atoms with E-state index in [0.29, 0.717) is 0 Å². The first-order chi connectivity index (χ1) is 4.77. The van der Waals surface area contributed by atoms with E-state index in [-0.39, 0.29) is 0 Å². The van der Waals surface area contributed by atoms with Gasteiger partial charge in [-0.1, -0.05) is 18.1 Å². The van der Waals surface area contributed by atoms with Gasteiger partial charge in [0.2, 0.25) is 0 Å². The summed E-state index contributed by atoms with van der Waals surface area (Å²) in [5.74, 6) is 1.96. The molecule has 0 spiro atoms. The van der Waals surface area contributed by atoms with Gasteiger partial charge in [-0.15, -0.1) is 0 Å². The molecule has 0 radical (unpaired) electrons. The standard InChI is InChI=1S/C10H16/c1-7-5-9-3-4-10(6-7)8(9)2/h7,9H,3-6H2,1-2H3. The van der Waals surface area contributed by atoms with Crippen LogP contribution >= 0.6 is 0 Å². The molecule has 10 heavy (non-hydrogen) atoms. The second-order valence-electron chi connectivity index (χ2n) is 4.07. The zero-order valence-electron chi connectivity index (χ0n) is 6.98. The van der Waals surface area contributed by atoms with Gasteiger partial charge < -0.3 is 0 Å². The minimum absolute atomic E-state index is 0.978. The molecule has 0 amide bonds. The van der Waals surface area contributed by atoms with Crippen LogP contribution in [0.5, 0.6) is 0 Å². The number of fused-ring (bicyclic) bond motifs is 1. The minimum atomic E-state index is 0.978. The molecular weight excluding hydrogens is 120 g/mol. The van der Waals surface area contributed by atoms with E-state index >= 15 is 0 Å². The lowest BCUT2D eigenvalue weighted by Crippen LogP contribution is -2.09. The van der Waals surface area contributed by atoms with E-state index in [1.807, 2.05) is 0 Å². The lowest BCUT2D eigenvalue weighted by Gasteiger charge is -2.22. The van der Waals surface area contributed by atoms with Crippen molar-refractivity contribution in [1.29, 1.82) is 0 Å². The number of hydrogen-bond donors (Lipinski definition) is 0. The molecule has 0 saturated heterocycles. The van der Waals surface area contributed by atoms with E-state index in [9.17, 15) is 0 Å². The van der Waals surface area contributed by atoms with Crippen molar-refractivity contribution in [3.8, 4) is 0 Å². The maximum atomic E-state index is 2.39. The Labute approximate surface area is 63.3 Å². The highest BCUT2D eigenvalue weighted by Gasteiger charge is 2.29. The Morgan fingerprint density at radius 2 is 2.20 bits per heavy atom. The Morgan fingerprint density at radius 1 is 1.40 bits per heavy atom. The molecular formula is C10H16. The topological polar surface area (TPSA) is 0 Å². The summed E-state index contributed by atoms with van der Waals surface area (Å²) in [5.41, 5.74) is 3.54. The zero-order valence-corrected chi connectivity index (χ0v) is 6.98. The van der Waals surface area contributed by atoms with Crippen LogP contribution < -0.4 is 0 Å². The average Bonchev–Trinajstić information content (AvgIpc) is 2.20. The van der Waals surface area contributed by atoms with Gasteiger partial charge in [0.05, 0.1) is 0 Å². The van der Waals surface area contributed by atoms with Crippen LogP contribution in [0.25, 0.3) is 0 Å². The highest BCUT2D eigenvalue weighted by atomic mass is 14.3. The van der Waals surface area contributed by atoms with Crippen molar-refractivity contribution in [2.24, 2.45) is 11.8 Å². The molecule has 0 aliphatic heterocycles. The summed E-state index contributed by atoms with van der Waals surface area (Å²) in [6, 6.07) is 0. The molecule has 0 nitrogen and oxygen atoms in total. The van der Waals surface area contributed by atoms with Gasteiger partial charge in [-0.05, 0) is 44.4 Å². The highest BCUT2D eigenvalue weighted by Crippen LogP contribution is 2.44. The fourth-order valence-electron chi connectivity index (χ4n) is 2.60. The molecule has 0 heteroatoms. The Balaban J connectivity index is 2.25.